The third-order valence-corrected chi connectivity index (χ3v) is 4.76. The van der Waals surface area contributed by atoms with E-state index in [0.29, 0.717) is 22.6 Å². The van der Waals surface area contributed by atoms with Crippen molar-refractivity contribution in [1.82, 2.24) is 14.9 Å². The van der Waals surface area contributed by atoms with Crippen LogP contribution < -0.4 is 5.73 Å². The molecule has 0 aromatic carbocycles. The largest absolute Gasteiger partial charge is 0.381 e. The summed E-state index contributed by atoms with van der Waals surface area (Å²) in [6.07, 6.45) is 12.2. The van der Waals surface area contributed by atoms with Gasteiger partial charge in [-0.05, 0) is 38.5 Å². The molecule has 2 N–H and O–H groups in total. The number of allylic oxidation sites excluding steroid dienone is 2. The molecule has 0 unspecified atom stereocenters. The highest BCUT2D eigenvalue weighted by Gasteiger charge is 2.34. The number of hydrogen-bond acceptors (Lipinski definition) is 5. The van der Waals surface area contributed by atoms with Crippen LogP contribution in [0.3, 0.4) is 0 Å². The zero-order valence-electron chi connectivity index (χ0n) is 12.0. The molecule has 2 aliphatic carbocycles. The normalized spacial score (nSPS) is 18.2. The van der Waals surface area contributed by atoms with Crippen LogP contribution in [0.25, 0.3) is 0 Å². The van der Waals surface area contributed by atoms with Crippen LogP contribution in [0.15, 0.2) is 29.2 Å². The molecule has 1 aromatic rings. The Morgan fingerprint density at radius 2 is 2.14 bits per heavy atom. The second-order valence-electron chi connectivity index (χ2n) is 5.47. The zero-order valence-corrected chi connectivity index (χ0v) is 12.8. The minimum Gasteiger partial charge on any atom is -0.381 e. The van der Waals surface area contributed by atoms with Gasteiger partial charge in [0.25, 0.3) is 0 Å². The van der Waals surface area contributed by atoms with Crippen LogP contribution in [0, 0.1) is 0 Å². The third kappa shape index (κ3) is 3.56. The molecule has 112 valence electrons. The van der Waals surface area contributed by atoms with Crippen LogP contribution in [0.1, 0.15) is 38.5 Å². The maximum absolute atomic E-state index is 12.6. The Balaban J connectivity index is 1.65. The first kappa shape index (κ1) is 14.4. The Morgan fingerprint density at radius 1 is 1.33 bits per heavy atom. The fourth-order valence-electron chi connectivity index (χ4n) is 2.62. The molecule has 21 heavy (non-hydrogen) atoms. The summed E-state index contributed by atoms with van der Waals surface area (Å²) >= 11 is 1.38. The lowest BCUT2D eigenvalue weighted by molar-refractivity contribution is -0.127. The highest BCUT2D eigenvalue weighted by molar-refractivity contribution is 8.00. The number of nitrogens with two attached hydrogens (primary N) is 1. The van der Waals surface area contributed by atoms with Crippen molar-refractivity contribution in [2.24, 2.45) is 0 Å². The van der Waals surface area contributed by atoms with Crippen LogP contribution in [0.5, 0.6) is 0 Å². The highest BCUT2D eigenvalue weighted by atomic mass is 32.2. The first-order valence-corrected chi connectivity index (χ1v) is 8.44. The van der Waals surface area contributed by atoms with Gasteiger partial charge in [0, 0.05) is 24.1 Å². The number of nitrogens with zero attached hydrogens (tertiary/aromatic N) is 3. The number of thioether (sulfide) groups is 1. The Hall–Kier alpha value is -1.56. The van der Waals surface area contributed by atoms with Gasteiger partial charge in [-0.1, -0.05) is 17.8 Å². The molecule has 1 fully saturated rings. The Labute approximate surface area is 129 Å². The lowest BCUT2D eigenvalue weighted by Gasteiger charge is -2.27. The van der Waals surface area contributed by atoms with Gasteiger partial charge in [-0.2, -0.15) is 0 Å². The molecule has 1 aromatic heterocycles. The van der Waals surface area contributed by atoms with Gasteiger partial charge in [0.15, 0.2) is 5.82 Å². The number of aromatic nitrogens is 2. The molecule has 1 amide bonds. The molecule has 3 rings (SSSR count). The maximum Gasteiger partial charge on any atom is 0.237 e. The minimum atomic E-state index is 0.167. The van der Waals surface area contributed by atoms with E-state index >= 15 is 0 Å². The number of anilines is 1. The molecule has 2 aliphatic rings. The van der Waals surface area contributed by atoms with E-state index in [1.807, 2.05) is 4.90 Å². The summed E-state index contributed by atoms with van der Waals surface area (Å²) in [5, 5.41) is 0.638. The Bertz CT molecular complexity index is 556. The maximum atomic E-state index is 12.6. The molecule has 6 heteroatoms. The second kappa shape index (κ2) is 6.47. The molecule has 5 nitrogen and oxygen atoms in total. The number of carbonyl (C=O) groups is 1. The van der Waals surface area contributed by atoms with Crippen molar-refractivity contribution in [3.05, 3.63) is 24.2 Å². The summed E-state index contributed by atoms with van der Waals surface area (Å²) < 4.78 is 0. The van der Waals surface area contributed by atoms with E-state index in [2.05, 4.69) is 16.0 Å². The zero-order chi connectivity index (χ0) is 14.7. The standard InChI is InChI=1S/C15H20N4OS/c16-14-15(18-9-8-17-14)21-10-13(20)19(12-6-7-12)11-4-2-1-3-5-11/h4,8-9,12H,1-3,5-7,10H2,(H2,16,17). The summed E-state index contributed by atoms with van der Waals surface area (Å²) in [5.74, 6) is 0.933. The Kier molecular flexibility index (Phi) is 4.43. The van der Waals surface area contributed by atoms with Crippen molar-refractivity contribution < 1.29 is 4.79 Å². The first-order chi connectivity index (χ1) is 10.3. The van der Waals surface area contributed by atoms with E-state index in [0.717, 1.165) is 25.7 Å². The van der Waals surface area contributed by atoms with E-state index in [1.54, 1.807) is 12.4 Å². The van der Waals surface area contributed by atoms with Gasteiger partial charge in [0.05, 0.1) is 5.75 Å². The van der Waals surface area contributed by atoms with Crippen molar-refractivity contribution in [3.8, 4) is 0 Å². The summed E-state index contributed by atoms with van der Waals surface area (Å²) in [4.78, 5) is 22.8. The van der Waals surface area contributed by atoms with Crippen LogP contribution in [0.2, 0.25) is 0 Å². The summed E-state index contributed by atoms with van der Waals surface area (Å²) in [7, 11) is 0. The van der Waals surface area contributed by atoms with Gasteiger partial charge in [0.1, 0.15) is 5.03 Å². The van der Waals surface area contributed by atoms with Crippen molar-refractivity contribution in [3.63, 3.8) is 0 Å². The number of carbonyl (C=O) groups excluding carboxylic acids is 1. The third-order valence-electron chi connectivity index (χ3n) is 3.78. The van der Waals surface area contributed by atoms with Crippen molar-refractivity contribution in [2.75, 3.05) is 11.5 Å². The average Bonchev–Trinajstić information content (AvgIpc) is 3.32. The fraction of sp³-hybridized carbons (Fsp3) is 0.533. The minimum absolute atomic E-state index is 0.167. The lowest BCUT2D eigenvalue weighted by Crippen LogP contribution is -2.34. The van der Waals surface area contributed by atoms with Crippen LogP contribution in [-0.2, 0) is 4.79 Å². The van der Waals surface area contributed by atoms with Gasteiger partial charge < -0.3 is 10.6 Å². The average molecular weight is 304 g/mol. The topological polar surface area (TPSA) is 72.1 Å². The van der Waals surface area contributed by atoms with Crippen LogP contribution in [0.4, 0.5) is 5.82 Å². The van der Waals surface area contributed by atoms with E-state index in [-0.39, 0.29) is 5.91 Å². The lowest BCUT2D eigenvalue weighted by atomic mass is 10.0. The molecule has 0 spiro atoms. The molecular weight excluding hydrogens is 284 g/mol. The van der Waals surface area contributed by atoms with Crippen LogP contribution in [-0.4, -0.2) is 32.6 Å². The second-order valence-corrected chi connectivity index (χ2v) is 6.44. The van der Waals surface area contributed by atoms with Gasteiger partial charge in [-0.15, -0.1) is 0 Å². The van der Waals surface area contributed by atoms with Gasteiger partial charge in [-0.3, -0.25) is 4.79 Å². The summed E-state index contributed by atoms with van der Waals surface area (Å²) in [6, 6.07) is 0.418. The number of amides is 1. The number of rotatable bonds is 5. The van der Waals surface area contributed by atoms with Gasteiger partial charge in [0.2, 0.25) is 5.91 Å². The van der Waals surface area contributed by atoms with E-state index in [9.17, 15) is 4.79 Å². The Morgan fingerprint density at radius 3 is 2.81 bits per heavy atom. The van der Waals surface area contributed by atoms with E-state index < -0.39 is 0 Å². The predicted molar refractivity (Wildman–Crippen MR) is 83.6 cm³/mol. The number of nitrogen functional groups attached to an aromatic ring is 1. The molecule has 0 radical (unpaired) electrons. The smallest absolute Gasteiger partial charge is 0.237 e. The SMILES string of the molecule is Nc1nccnc1SCC(=O)N(C1=CCCCC1)C1CC1. The molecule has 1 saturated carbocycles. The summed E-state index contributed by atoms with van der Waals surface area (Å²) in [6.45, 7) is 0. The van der Waals surface area contributed by atoms with Gasteiger partial charge in [-0.25, -0.2) is 9.97 Å². The van der Waals surface area contributed by atoms with Crippen molar-refractivity contribution in [1.29, 1.82) is 0 Å². The number of hydrogen-bond donors (Lipinski definition) is 1. The monoisotopic (exact) mass is 304 g/mol. The van der Waals surface area contributed by atoms with E-state index in [1.165, 1.54) is 30.3 Å². The van der Waals surface area contributed by atoms with E-state index in [4.69, 9.17) is 5.73 Å². The van der Waals surface area contributed by atoms with Crippen molar-refractivity contribution in [2.45, 2.75) is 49.6 Å². The van der Waals surface area contributed by atoms with Crippen LogP contribution >= 0.6 is 11.8 Å². The van der Waals surface area contributed by atoms with Crippen molar-refractivity contribution >= 4 is 23.5 Å². The summed E-state index contributed by atoms with van der Waals surface area (Å²) in [5.41, 5.74) is 6.99. The first-order valence-electron chi connectivity index (χ1n) is 7.46. The van der Waals surface area contributed by atoms with Gasteiger partial charge >= 0.3 is 0 Å². The quantitative estimate of drug-likeness (QED) is 0.847. The molecule has 0 aliphatic heterocycles. The molecule has 0 bridgehead atoms. The molecule has 0 atom stereocenters. The fourth-order valence-corrected chi connectivity index (χ4v) is 3.35. The predicted octanol–water partition coefficient (Wildman–Crippen LogP) is 2.60. The molecular formula is C15H20N4OS. The molecule has 0 saturated heterocycles. The molecule has 1 heterocycles. The highest BCUT2D eigenvalue weighted by Crippen LogP contribution is 2.34.